The van der Waals surface area contributed by atoms with Crippen LogP contribution in [0.25, 0.3) is 5.57 Å². The van der Waals surface area contributed by atoms with E-state index in [0.29, 0.717) is 25.2 Å². The number of rotatable bonds is 2. The van der Waals surface area contributed by atoms with E-state index >= 15 is 0 Å². The lowest BCUT2D eigenvalue weighted by Gasteiger charge is -2.42. The van der Waals surface area contributed by atoms with Gasteiger partial charge in [0, 0.05) is 11.6 Å². The van der Waals surface area contributed by atoms with Crippen molar-refractivity contribution >= 4 is 5.57 Å². The van der Waals surface area contributed by atoms with Gasteiger partial charge >= 0.3 is 6.36 Å². The predicted molar refractivity (Wildman–Crippen MR) is 71.9 cm³/mol. The lowest BCUT2D eigenvalue weighted by molar-refractivity contribution is -0.274. The van der Waals surface area contributed by atoms with Crippen LogP contribution in [0.2, 0.25) is 0 Å². The number of alkyl halides is 3. The lowest BCUT2D eigenvalue weighted by Crippen LogP contribution is -2.51. The van der Waals surface area contributed by atoms with Crippen LogP contribution in [0, 0.1) is 0 Å². The number of ether oxygens (including phenoxy) is 2. The van der Waals surface area contributed by atoms with Crippen LogP contribution in [0.4, 0.5) is 13.2 Å². The molecule has 0 aliphatic carbocycles. The minimum atomic E-state index is -4.68. The second-order valence-corrected chi connectivity index (χ2v) is 5.36. The molecule has 2 unspecified atom stereocenters. The molecule has 0 spiro atoms. The van der Waals surface area contributed by atoms with Crippen LogP contribution in [0.15, 0.2) is 30.3 Å². The topological polar surface area (TPSA) is 21.7 Å². The number of likely N-dealkylation sites (N-methyl/N-ethyl adjacent to an activating group) is 1. The van der Waals surface area contributed by atoms with Gasteiger partial charge in [-0.3, -0.25) is 4.90 Å². The molecule has 2 aliphatic heterocycles. The Labute approximate surface area is 120 Å². The van der Waals surface area contributed by atoms with Crippen LogP contribution in [0.1, 0.15) is 12.0 Å². The lowest BCUT2D eigenvalue weighted by atomic mass is 9.90. The Balaban J connectivity index is 1.94. The van der Waals surface area contributed by atoms with Crippen molar-refractivity contribution in [2.45, 2.75) is 24.9 Å². The Morgan fingerprint density at radius 2 is 2.00 bits per heavy atom. The zero-order valence-electron chi connectivity index (χ0n) is 11.6. The Kier molecular flexibility index (Phi) is 3.67. The van der Waals surface area contributed by atoms with Crippen molar-refractivity contribution in [2.24, 2.45) is 0 Å². The van der Waals surface area contributed by atoms with E-state index in [-0.39, 0.29) is 17.8 Å². The molecule has 0 aromatic heterocycles. The summed E-state index contributed by atoms with van der Waals surface area (Å²) in [5.74, 6) is -0.139. The van der Waals surface area contributed by atoms with Crippen molar-refractivity contribution in [1.29, 1.82) is 0 Å². The van der Waals surface area contributed by atoms with Gasteiger partial charge in [-0.05, 0) is 25.1 Å². The number of benzene rings is 1. The minimum absolute atomic E-state index is 0.103. The zero-order chi connectivity index (χ0) is 15.0. The van der Waals surface area contributed by atoms with Crippen molar-refractivity contribution in [3.63, 3.8) is 0 Å². The maximum Gasteiger partial charge on any atom is 0.573 e. The third-order valence-corrected chi connectivity index (χ3v) is 4.01. The maximum atomic E-state index is 12.5. The fraction of sp³-hybridized carbons (Fsp3) is 0.467. The summed E-state index contributed by atoms with van der Waals surface area (Å²) in [6, 6.07) is 6.60. The monoisotopic (exact) mass is 299 g/mol. The zero-order valence-corrected chi connectivity index (χ0v) is 11.6. The molecule has 0 saturated carbocycles. The summed E-state index contributed by atoms with van der Waals surface area (Å²) in [5, 5.41) is 0. The van der Waals surface area contributed by atoms with Crippen LogP contribution in [-0.2, 0) is 4.74 Å². The molecule has 114 valence electrons. The molecule has 21 heavy (non-hydrogen) atoms. The first-order valence-corrected chi connectivity index (χ1v) is 6.79. The van der Waals surface area contributed by atoms with E-state index < -0.39 is 6.36 Å². The van der Waals surface area contributed by atoms with Gasteiger partial charge in [0.15, 0.2) is 0 Å². The van der Waals surface area contributed by atoms with Gasteiger partial charge in [-0.15, -0.1) is 13.2 Å². The first kappa shape index (κ1) is 14.4. The molecule has 3 rings (SSSR count). The third kappa shape index (κ3) is 3.06. The van der Waals surface area contributed by atoms with Gasteiger partial charge in [0.25, 0.3) is 0 Å². The van der Waals surface area contributed by atoms with E-state index in [2.05, 4.69) is 9.64 Å². The van der Waals surface area contributed by atoms with Gasteiger partial charge < -0.3 is 9.47 Å². The molecule has 2 aliphatic rings. The van der Waals surface area contributed by atoms with Crippen molar-refractivity contribution < 1.29 is 22.6 Å². The molecule has 0 radical (unpaired) electrons. The summed E-state index contributed by atoms with van der Waals surface area (Å²) >= 11 is 0. The average Bonchev–Trinajstić information content (AvgIpc) is 2.37. The van der Waals surface area contributed by atoms with Crippen LogP contribution in [0.3, 0.4) is 0 Å². The van der Waals surface area contributed by atoms with Crippen LogP contribution < -0.4 is 4.74 Å². The molecule has 6 heteroatoms. The maximum absolute atomic E-state index is 12.5. The van der Waals surface area contributed by atoms with Crippen LogP contribution in [0.5, 0.6) is 5.75 Å². The van der Waals surface area contributed by atoms with Gasteiger partial charge in [0.05, 0.1) is 19.3 Å². The van der Waals surface area contributed by atoms with E-state index in [1.165, 1.54) is 6.07 Å². The third-order valence-electron chi connectivity index (χ3n) is 4.01. The second-order valence-electron chi connectivity index (χ2n) is 5.36. The smallest absolute Gasteiger partial charge is 0.405 e. The summed E-state index contributed by atoms with van der Waals surface area (Å²) in [7, 11) is 2.02. The molecule has 0 N–H and O–H groups in total. The Morgan fingerprint density at radius 1 is 1.24 bits per heavy atom. The van der Waals surface area contributed by atoms with E-state index in [4.69, 9.17) is 4.74 Å². The van der Waals surface area contributed by atoms with E-state index in [9.17, 15) is 13.2 Å². The molecule has 3 nitrogen and oxygen atoms in total. The summed E-state index contributed by atoms with van der Waals surface area (Å²) < 4.78 is 47.2. The summed E-state index contributed by atoms with van der Waals surface area (Å²) in [6.45, 7) is 1.17. The fourth-order valence-electron chi connectivity index (χ4n) is 2.90. The van der Waals surface area contributed by atoms with Gasteiger partial charge in [0.1, 0.15) is 5.75 Å². The SMILES string of the molecule is CN1C2C=C(c3ccccc3OC(F)(F)F)CC1COC2. The number of para-hydroxylation sites is 1. The minimum Gasteiger partial charge on any atom is -0.405 e. The van der Waals surface area contributed by atoms with Crippen molar-refractivity contribution in [2.75, 3.05) is 20.3 Å². The number of fused-ring (bicyclic) bond motifs is 2. The van der Waals surface area contributed by atoms with Crippen molar-refractivity contribution in [3.05, 3.63) is 35.9 Å². The number of morpholine rings is 1. The number of halogens is 3. The van der Waals surface area contributed by atoms with Crippen molar-refractivity contribution in [1.82, 2.24) is 4.90 Å². The molecule has 1 saturated heterocycles. The predicted octanol–water partition coefficient (Wildman–Crippen LogP) is 3.07. The average molecular weight is 299 g/mol. The van der Waals surface area contributed by atoms with Crippen molar-refractivity contribution in [3.8, 4) is 5.75 Å². The van der Waals surface area contributed by atoms with E-state index in [0.717, 1.165) is 5.57 Å². The molecule has 1 aromatic rings. The number of nitrogens with zero attached hydrogens (tertiary/aromatic N) is 1. The highest BCUT2D eigenvalue weighted by Crippen LogP contribution is 2.37. The van der Waals surface area contributed by atoms with E-state index in [1.54, 1.807) is 18.2 Å². The standard InChI is InChI=1S/C15H16F3NO2/c1-19-11-6-10(7-12(19)9-20-8-11)13-4-2-3-5-14(13)21-15(16,17)18/h2-6,11-12H,7-9H2,1H3. The van der Waals surface area contributed by atoms with Crippen LogP contribution >= 0.6 is 0 Å². The molecule has 2 heterocycles. The van der Waals surface area contributed by atoms with Gasteiger partial charge in [-0.2, -0.15) is 0 Å². The normalized spacial score (nSPS) is 26.4. The highest BCUT2D eigenvalue weighted by molar-refractivity contribution is 5.72. The van der Waals surface area contributed by atoms with Gasteiger partial charge in [-0.1, -0.05) is 24.3 Å². The highest BCUT2D eigenvalue weighted by atomic mass is 19.4. The number of hydrogen-bond donors (Lipinski definition) is 0. The molecule has 2 atom stereocenters. The Bertz CT molecular complexity index is 556. The largest absolute Gasteiger partial charge is 0.573 e. The first-order valence-electron chi connectivity index (χ1n) is 6.79. The molecule has 1 aromatic carbocycles. The summed E-state index contributed by atoms with van der Waals surface area (Å²) in [4.78, 5) is 2.21. The molecule has 0 amide bonds. The summed E-state index contributed by atoms with van der Waals surface area (Å²) in [5.41, 5.74) is 1.41. The second kappa shape index (κ2) is 5.35. The Hall–Kier alpha value is -1.53. The summed E-state index contributed by atoms with van der Waals surface area (Å²) in [6.07, 6.45) is -2.04. The molecular weight excluding hydrogens is 283 g/mol. The molecular formula is C15H16F3NO2. The van der Waals surface area contributed by atoms with Gasteiger partial charge in [-0.25, -0.2) is 0 Å². The van der Waals surface area contributed by atoms with Crippen LogP contribution in [-0.4, -0.2) is 43.6 Å². The van der Waals surface area contributed by atoms with E-state index in [1.807, 2.05) is 13.1 Å². The molecule has 1 fully saturated rings. The number of hydrogen-bond acceptors (Lipinski definition) is 3. The quantitative estimate of drug-likeness (QED) is 0.838. The highest BCUT2D eigenvalue weighted by Gasteiger charge is 2.35. The Morgan fingerprint density at radius 3 is 2.71 bits per heavy atom. The molecule has 2 bridgehead atoms. The first-order chi connectivity index (χ1) is 9.94. The fourth-order valence-corrected chi connectivity index (χ4v) is 2.90. The van der Waals surface area contributed by atoms with Gasteiger partial charge in [0.2, 0.25) is 0 Å².